The van der Waals surface area contributed by atoms with Crippen molar-refractivity contribution in [2.45, 2.75) is 20.3 Å². The van der Waals surface area contributed by atoms with Crippen LogP contribution in [0.4, 0.5) is 4.79 Å². The average Bonchev–Trinajstić information content (AvgIpc) is 2.49. The van der Waals surface area contributed by atoms with Crippen LogP contribution in [-0.2, 0) is 11.2 Å². The van der Waals surface area contributed by atoms with Crippen LogP contribution >= 0.6 is 0 Å². The summed E-state index contributed by atoms with van der Waals surface area (Å²) in [4.78, 5) is 29.1. The lowest BCUT2D eigenvalue weighted by Gasteiger charge is -2.17. The highest BCUT2D eigenvalue weighted by atomic mass is 16.2. The maximum absolute atomic E-state index is 11.9. The zero-order chi connectivity index (χ0) is 15.7. The van der Waals surface area contributed by atoms with Gasteiger partial charge in [0.2, 0.25) is 5.91 Å². The molecule has 1 aromatic heterocycles. The van der Waals surface area contributed by atoms with Crippen molar-refractivity contribution < 1.29 is 9.59 Å². The molecule has 0 bridgehead atoms. The zero-order valence-electron chi connectivity index (χ0n) is 12.9. The number of hydrogen-bond acceptors (Lipinski definition) is 3. The summed E-state index contributed by atoms with van der Waals surface area (Å²) in [6, 6.07) is 5.40. The number of carbonyl (C=O) groups excluding carboxylic acids is 2. The van der Waals surface area contributed by atoms with Crippen LogP contribution in [0.5, 0.6) is 0 Å². The van der Waals surface area contributed by atoms with Gasteiger partial charge < -0.3 is 15.5 Å². The number of urea groups is 1. The minimum Gasteiger partial charge on any atom is -0.344 e. The molecule has 0 saturated carbocycles. The second-order valence-electron chi connectivity index (χ2n) is 5.34. The van der Waals surface area contributed by atoms with E-state index in [-0.39, 0.29) is 18.5 Å². The van der Waals surface area contributed by atoms with E-state index in [4.69, 9.17) is 0 Å². The molecule has 6 nitrogen and oxygen atoms in total. The molecule has 21 heavy (non-hydrogen) atoms. The Morgan fingerprint density at radius 2 is 2.05 bits per heavy atom. The molecule has 0 aliphatic carbocycles. The quantitative estimate of drug-likeness (QED) is 0.788. The number of hydrogen-bond donors (Lipinski definition) is 2. The van der Waals surface area contributed by atoms with E-state index in [1.54, 1.807) is 18.1 Å². The Morgan fingerprint density at radius 3 is 2.67 bits per heavy atom. The highest BCUT2D eigenvalue weighted by Crippen LogP contribution is 1.96. The molecule has 1 aromatic rings. The predicted octanol–water partition coefficient (Wildman–Crippen LogP) is 1.04. The summed E-state index contributed by atoms with van der Waals surface area (Å²) >= 11 is 0. The van der Waals surface area contributed by atoms with E-state index in [9.17, 15) is 9.59 Å². The molecule has 0 unspecified atom stereocenters. The number of amides is 3. The van der Waals surface area contributed by atoms with Gasteiger partial charge in [0.05, 0.1) is 6.54 Å². The monoisotopic (exact) mass is 292 g/mol. The topological polar surface area (TPSA) is 74.3 Å². The van der Waals surface area contributed by atoms with Crippen LogP contribution in [0.3, 0.4) is 0 Å². The van der Waals surface area contributed by atoms with Gasteiger partial charge in [-0.05, 0) is 18.1 Å². The van der Waals surface area contributed by atoms with E-state index in [0.29, 0.717) is 25.4 Å². The van der Waals surface area contributed by atoms with E-state index in [1.165, 1.54) is 0 Å². The number of rotatable bonds is 7. The lowest BCUT2D eigenvalue weighted by molar-refractivity contribution is -0.128. The molecule has 116 valence electrons. The predicted molar refractivity (Wildman–Crippen MR) is 81.8 cm³/mol. The fraction of sp³-hybridized carbons (Fsp3) is 0.533. The summed E-state index contributed by atoms with van der Waals surface area (Å²) < 4.78 is 0. The first kappa shape index (κ1) is 16.9. The smallest absolute Gasteiger partial charge is 0.315 e. The van der Waals surface area contributed by atoms with Crippen LogP contribution in [0.25, 0.3) is 0 Å². The zero-order valence-corrected chi connectivity index (χ0v) is 12.9. The van der Waals surface area contributed by atoms with Crippen LogP contribution in [-0.4, -0.2) is 48.5 Å². The Balaban J connectivity index is 2.23. The summed E-state index contributed by atoms with van der Waals surface area (Å²) in [6.45, 7) is 5.19. The molecule has 3 amide bonds. The number of nitrogens with one attached hydrogen (secondary N) is 2. The fourth-order valence-electron chi connectivity index (χ4n) is 1.60. The summed E-state index contributed by atoms with van der Waals surface area (Å²) in [7, 11) is 1.72. The van der Waals surface area contributed by atoms with Gasteiger partial charge in [-0.25, -0.2) is 4.79 Å². The van der Waals surface area contributed by atoms with Crippen molar-refractivity contribution in [2.24, 2.45) is 5.92 Å². The van der Waals surface area contributed by atoms with Crippen LogP contribution in [0.2, 0.25) is 0 Å². The minimum atomic E-state index is -0.310. The van der Waals surface area contributed by atoms with E-state index >= 15 is 0 Å². The molecule has 0 fully saturated rings. The van der Waals surface area contributed by atoms with Gasteiger partial charge in [0, 0.05) is 38.4 Å². The SMILES string of the molecule is CC(C)CNC(=O)NCC(=O)N(C)CCc1ccccn1. The number of carbonyl (C=O) groups is 2. The molecule has 1 rings (SSSR count). The third-order valence-corrected chi connectivity index (χ3v) is 2.93. The largest absolute Gasteiger partial charge is 0.344 e. The highest BCUT2D eigenvalue weighted by Gasteiger charge is 2.10. The van der Waals surface area contributed by atoms with E-state index in [1.807, 2.05) is 32.0 Å². The third kappa shape index (κ3) is 7.29. The van der Waals surface area contributed by atoms with Crippen LogP contribution in [0.15, 0.2) is 24.4 Å². The van der Waals surface area contributed by atoms with Crippen molar-refractivity contribution in [3.63, 3.8) is 0 Å². The Labute approximate surface area is 125 Å². The van der Waals surface area contributed by atoms with Crippen LogP contribution in [0, 0.1) is 5.92 Å². The maximum atomic E-state index is 11.9. The minimum absolute atomic E-state index is 0.00263. The Bertz CT molecular complexity index is 448. The van der Waals surface area contributed by atoms with Gasteiger partial charge in [-0.2, -0.15) is 0 Å². The molecular formula is C15H24N4O2. The van der Waals surface area contributed by atoms with Gasteiger partial charge >= 0.3 is 6.03 Å². The van der Waals surface area contributed by atoms with Gasteiger partial charge in [-0.1, -0.05) is 19.9 Å². The number of likely N-dealkylation sites (N-methyl/N-ethyl adjacent to an activating group) is 1. The first-order chi connectivity index (χ1) is 9.99. The maximum Gasteiger partial charge on any atom is 0.315 e. The molecule has 0 aromatic carbocycles. The van der Waals surface area contributed by atoms with Gasteiger partial charge in [-0.3, -0.25) is 9.78 Å². The van der Waals surface area contributed by atoms with Gasteiger partial charge in [0.15, 0.2) is 0 Å². The normalized spacial score (nSPS) is 10.3. The third-order valence-electron chi connectivity index (χ3n) is 2.93. The Morgan fingerprint density at radius 1 is 1.29 bits per heavy atom. The van der Waals surface area contributed by atoms with Crippen molar-refractivity contribution in [2.75, 3.05) is 26.7 Å². The van der Waals surface area contributed by atoms with Crippen molar-refractivity contribution in [1.82, 2.24) is 20.5 Å². The number of nitrogens with zero attached hydrogens (tertiary/aromatic N) is 2. The molecule has 0 spiro atoms. The fourth-order valence-corrected chi connectivity index (χ4v) is 1.60. The van der Waals surface area contributed by atoms with E-state index < -0.39 is 0 Å². The summed E-state index contributed by atoms with van der Waals surface area (Å²) in [5.74, 6) is 0.262. The number of aromatic nitrogens is 1. The molecule has 0 aliphatic heterocycles. The second-order valence-corrected chi connectivity index (χ2v) is 5.34. The molecule has 0 radical (unpaired) electrons. The van der Waals surface area contributed by atoms with E-state index in [0.717, 1.165) is 5.69 Å². The molecule has 0 saturated heterocycles. The molecule has 2 N–H and O–H groups in total. The van der Waals surface area contributed by atoms with Crippen LogP contribution in [0.1, 0.15) is 19.5 Å². The Hall–Kier alpha value is -2.11. The second kappa shape index (κ2) is 8.94. The highest BCUT2D eigenvalue weighted by molar-refractivity contribution is 5.83. The average molecular weight is 292 g/mol. The molecule has 1 heterocycles. The van der Waals surface area contributed by atoms with Crippen molar-refractivity contribution in [3.8, 4) is 0 Å². The first-order valence-electron chi connectivity index (χ1n) is 7.14. The van der Waals surface area contributed by atoms with Crippen molar-refractivity contribution in [1.29, 1.82) is 0 Å². The van der Waals surface area contributed by atoms with Gasteiger partial charge in [0.1, 0.15) is 0 Å². The molecule has 0 aliphatic rings. The standard InChI is InChI=1S/C15H24N4O2/c1-12(2)10-17-15(21)18-11-14(20)19(3)9-7-13-6-4-5-8-16-13/h4-6,8,12H,7,9-11H2,1-3H3,(H2,17,18,21). The van der Waals surface area contributed by atoms with Crippen LogP contribution < -0.4 is 10.6 Å². The van der Waals surface area contributed by atoms with E-state index in [2.05, 4.69) is 15.6 Å². The molecular weight excluding hydrogens is 268 g/mol. The first-order valence-corrected chi connectivity index (χ1v) is 7.14. The lowest BCUT2D eigenvalue weighted by atomic mass is 10.2. The summed E-state index contributed by atoms with van der Waals surface area (Å²) in [5, 5.41) is 5.26. The molecule has 6 heteroatoms. The molecule has 0 atom stereocenters. The number of pyridine rings is 1. The van der Waals surface area contributed by atoms with Crippen molar-refractivity contribution >= 4 is 11.9 Å². The summed E-state index contributed by atoms with van der Waals surface area (Å²) in [6.07, 6.45) is 2.43. The van der Waals surface area contributed by atoms with Crippen molar-refractivity contribution in [3.05, 3.63) is 30.1 Å². The van der Waals surface area contributed by atoms with Gasteiger partial charge in [-0.15, -0.1) is 0 Å². The lowest BCUT2D eigenvalue weighted by Crippen LogP contribution is -2.43. The Kier molecular flexibility index (Phi) is 7.21. The van der Waals surface area contributed by atoms with Gasteiger partial charge in [0.25, 0.3) is 0 Å². The summed E-state index contributed by atoms with van der Waals surface area (Å²) in [5.41, 5.74) is 0.944.